The highest BCUT2D eigenvalue weighted by Crippen LogP contribution is 2.58. The quantitative estimate of drug-likeness (QED) is 0.380. The highest BCUT2D eigenvalue weighted by Gasteiger charge is 2.57. The lowest BCUT2D eigenvalue weighted by molar-refractivity contribution is -0.728. The van der Waals surface area contributed by atoms with Crippen molar-refractivity contribution >= 4 is 17.0 Å². The Kier molecular flexibility index (Phi) is 3.58. The molecule has 4 heterocycles. The van der Waals surface area contributed by atoms with Gasteiger partial charge in [0.05, 0.1) is 0 Å². The van der Waals surface area contributed by atoms with Gasteiger partial charge in [0.2, 0.25) is 5.69 Å². The lowest BCUT2D eigenvalue weighted by atomic mass is 9.63. The van der Waals surface area contributed by atoms with Crippen molar-refractivity contribution in [2.24, 2.45) is 5.92 Å². The first kappa shape index (κ1) is 18.9. The molecule has 2 unspecified atom stereocenters. The van der Waals surface area contributed by atoms with Gasteiger partial charge < -0.3 is 4.90 Å². The minimum atomic E-state index is -0.0990. The molecule has 0 aliphatic carbocycles. The van der Waals surface area contributed by atoms with Gasteiger partial charge in [-0.3, -0.25) is 0 Å². The number of aromatic nitrogens is 1. The monoisotopic (exact) mass is 407 g/mol. The van der Waals surface area contributed by atoms with Gasteiger partial charge in [-0.15, -0.1) is 0 Å². The molecule has 2 nitrogen and oxygen atoms in total. The second-order valence-corrected chi connectivity index (χ2v) is 10.6. The third-order valence-corrected chi connectivity index (χ3v) is 8.76. The second-order valence-electron chi connectivity index (χ2n) is 10.6. The van der Waals surface area contributed by atoms with Crippen molar-refractivity contribution in [3.63, 3.8) is 0 Å². The number of hydrogen-bond donors (Lipinski definition) is 0. The Bertz CT molecular complexity index is 1280. The fourth-order valence-electron chi connectivity index (χ4n) is 6.20. The van der Waals surface area contributed by atoms with Crippen molar-refractivity contribution in [1.82, 2.24) is 0 Å². The smallest absolute Gasteiger partial charge is 0.233 e. The highest BCUT2D eigenvalue weighted by atomic mass is 15.3. The molecule has 0 N–H and O–H groups in total. The molecule has 1 aromatic heterocycles. The summed E-state index contributed by atoms with van der Waals surface area (Å²) in [6.07, 6.45) is 2.29. The van der Waals surface area contributed by atoms with E-state index >= 15 is 0 Å². The van der Waals surface area contributed by atoms with Crippen LogP contribution < -0.4 is 9.47 Å². The third kappa shape index (κ3) is 2.11. The molecule has 2 atom stereocenters. The van der Waals surface area contributed by atoms with Crippen molar-refractivity contribution in [3.05, 3.63) is 83.7 Å². The normalized spacial score (nSPS) is 24.1. The van der Waals surface area contributed by atoms with Gasteiger partial charge in [-0.1, -0.05) is 63.2 Å². The Morgan fingerprint density at radius 2 is 1.42 bits per heavy atom. The lowest BCUT2D eigenvalue weighted by Gasteiger charge is -2.55. The largest absolute Gasteiger partial charge is 0.329 e. The molecule has 0 spiro atoms. The molecule has 0 saturated heterocycles. The Balaban J connectivity index is 1.88. The molecule has 0 amide bonds. The van der Waals surface area contributed by atoms with Crippen LogP contribution in [0.1, 0.15) is 64.4 Å². The fraction of sp³-hybridized carbons (Fsp3) is 0.345. The molecule has 6 rings (SSSR count). The zero-order valence-corrected chi connectivity index (χ0v) is 19.4. The van der Waals surface area contributed by atoms with Gasteiger partial charge in [-0.25, -0.2) is 0 Å². The predicted molar refractivity (Wildman–Crippen MR) is 129 cm³/mol. The first-order valence-corrected chi connectivity index (χ1v) is 11.5. The van der Waals surface area contributed by atoms with E-state index < -0.39 is 0 Å². The predicted octanol–water partition coefficient (Wildman–Crippen LogP) is 6.61. The maximum absolute atomic E-state index is 2.68. The Morgan fingerprint density at radius 3 is 2.16 bits per heavy atom. The van der Waals surface area contributed by atoms with E-state index in [4.69, 9.17) is 0 Å². The van der Waals surface area contributed by atoms with Crippen molar-refractivity contribution in [2.45, 2.75) is 58.5 Å². The van der Waals surface area contributed by atoms with Crippen LogP contribution in [0.5, 0.6) is 0 Å². The van der Waals surface area contributed by atoms with Crippen molar-refractivity contribution in [3.8, 4) is 11.1 Å². The number of para-hydroxylation sites is 1. The van der Waals surface area contributed by atoms with Crippen LogP contribution in [-0.4, -0.2) is 5.54 Å². The highest BCUT2D eigenvalue weighted by molar-refractivity contribution is 6.07. The summed E-state index contributed by atoms with van der Waals surface area (Å²) in [7, 11) is 0. The zero-order chi connectivity index (χ0) is 21.7. The molecule has 0 radical (unpaired) electrons. The van der Waals surface area contributed by atoms with Crippen LogP contribution in [0.3, 0.4) is 0 Å². The maximum Gasteiger partial charge on any atom is 0.233 e. The lowest BCUT2D eigenvalue weighted by Crippen LogP contribution is -2.64. The minimum absolute atomic E-state index is 0.0239. The van der Waals surface area contributed by atoms with Gasteiger partial charge in [0.1, 0.15) is 5.70 Å². The molecule has 3 aliphatic rings. The number of benzene rings is 2. The molecule has 0 fully saturated rings. The van der Waals surface area contributed by atoms with Gasteiger partial charge in [0, 0.05) is 39.8 Å². The number of allylic oxidation sites excluding steroid dienone is 1. The van der Waals surface area contributed by atoms with Crippen LogP contribution >= 0.6 is 0 Å². The molecule has 31 heavy (non-hydrogen) atoms. The molecule has 0 saturated carbocycles. The SMILES string of the molecule is CC1C2=C3c4c(ccc[n+]4C1C)C(C)(C)C(C)(C)N3c1ccccc1-c1ccccc12. The van der Waals surface area contributed by atoms with Gasteiger partial charge >= 0.3 is 0 Å². The summed E-state index contributed by atoms with van der Waals surface area (Å²) in [6.45, 7) is 14.5. The van der Waals surface area contributed by atoms with Crippen LogP contribution in [-0.2, 0) is 5.41 Å². The zero-order valence-electron chi connectivity index (χ0n) is 19.4. The molecule has 0 bridgehead atoms. The number of nitrogens with zero attached hydrogens (tertiary/aromatic N) is 2. The summed E-state index contributed by atoms with van der Waals surface area (Å²) in [5.74, 6) is 0.415. The molecule has 3 aliphatic heterocycles. The summed E-state index contributed by atoms with van der Waals surface area (Å²) in [6, 6.07) is 23.1. The molecule has 2 aromatic carbocycles. The van der Waals surface area contributed by atoms with Gasteiger partial charge in [-0.2, -0.15) is 4.57 Å². The van der Waals surface area contributed by atoms with E-state index in [0.717, 1.165) is 0 Å². The van der Waals surface area contributed by atoms with E-state index in [9.17, 15) is 0 Å². The van der Waals surface area contributed by atoms with Gasteiger partial charge in [-0.05, 0) is 49.6 Å². The first-order valence-electron chi connectivity index (χ1n) is 11.5. The standard InChI is InChI=1S/C29H31N2/c1-18-19(2)30-17-11-15-23-26(30)27-25(18)22-14-8-7-12-20(22)21-13-9-10-16-24(21)31(27)29(5,6)28(23,3)4/h7-19H,1-6H3/q+1. The molecule has 2 heteroatoms. The van der Waals surface area contributed by atoms with Crippen molar-refractivity contribution in [1.29, 1.82) is 0 Å². The number of fused-ring (bicyclic) bond motifs is 5. The van der Waals surface area contributed by atoms with Crippen LogP contribution in [0, 0.1) is 5.92 Å². The van der Waals surface area contributed by atoms with Crippen LogP contribution in [0.2, 0.25) is 0 Å². The van der Waals surface area contributed by atoms with Crippen molar-refractivity contribution in [2.75, 3.05) is 4.90 Å². The third-order valence-electron chi connectivity index (χ3n) is 8.76. The van der Waals surface area contributed by atoms with E-state index in [-0.39, 0.29) is 11.0 Å². The summed E-state index contributed by atoms with van der Waals surface area (Å²) in [5, 5.41) is 0. The first-order chi connectivity index (χ1) is 14.8. The molecular formula is C29H31N2+. The van der Waals surface area contributed by atoms with E-state index in [1.54, 1.807) is 0 Å². The van der Waals surface area contributed by atoms with E-state index in [2.05, 4.69) is 118 Å². The number of rotatable bonds is 0. The molecule has 3 aromatic rings. The number of anilines is 1. The summed E-state index contributed by atoms with van der Waals surface area (Å²) >= 11 is 0. The van der Waals surface area contributed by atoms with Gasteiger partial charge in [0.15, 0.2) is 12.2 Å². The summed E-state index contributed by atoms with van der Waals surface area (Å²) < 4.78 is 2.54. The van der Waals surface area contributed by atoms with Crippen LogP contribution in [0.25, 0.3) is 22.4 Å². The topological polar surface area (TPSA) is 7.12 Å². The number of hydrogen-bond acceptors (Lipinski definition) is 1. The second kappa shape index (κ2) is 5.88. The van der Waals surface area contributed by atoms with Crippen LogP contribution in [0.15, 0.2) is 66.9 Å². The minimum Gasteiger partial charge on any atom is -0.329 e. The van der Waals surface area contributed by atoms with E-state index in [1.165, 1.54) is 44.9 Å². The van der Waals surface area contributed by atoms with E-state index in [0.29, 0.717) is 12.0 Å². The number of pyridine rings is 1. The Labute approximate surface area is 185 Å². The average molecular weight is 408 g/mol. The molecule has 156 valence electrons. The Hall–Kier alpha value is -2.87. The molecular weight excluding hydrogens is 376 g/mol. The maximum atomic E-state index is 2.68. The van der Waals surface area contributed by atoms with Crippen molar-refractivity contribution < 1.29 is 4.57 Å². The van der Waals surface area contributed by atoms with E-state index in [1.807, 2.05) is 0 Å². The average Bonchev–Trinajstić information content (AvgIpc) is 2.89. The van der Waals surface area contributed by atoms with Crippen LogP contribution in [0.4, 0.5) is 5.69 Å². The fourth-order valence-corrected chi connectivity index (χ4v) is 6.20. The Morgan fingerprint density at radius 1 is 0.774 bits per heavy atom. The summed E-state index contributed by atoms with van der Waals surface area (Å²) in [5.41, 5.74) is 11.0. The van der Waals surface area contributed by atoms with Gasteiger partial charge in [0.25, 0.3) is 0 Å². The summed E-state index contributed by atoms with van der Waals surface area (Å²) in [4.78, 5) is 2.68.